The Hall–Kier alpha value is -1.22. The fourth-order valence-electron chi connectivity index (χ4n) is 2.51. The van der Waals surface area contributed by atoms with Crippen LogP contribution in [0.1, 0.15) is 34.1 Å². The Balaban J connectivity index is 2.15. The normalized spacial score (nSPS) is 22.6. The van der Waals surface area contributed by atoms with Crippen LogP contribution in [0.25, 0.3) is 0 Å². The summed E-state index contributed by atoms with van der Waals surface area (Å²) in [5.41, 5.74) is 0.952. The van der Waals surface area contributed by atoms with Crippen molar-refractivity contribution in [3.05, 3.63) is 24.3 Å². The Labute approximate surface area is 109 Å². The van der Waals surface area contributed by atoms with Crippen molar-refractivity contribution in [3.8, 4) is 5.75 Å². The van der Waals surface area contributed by atoms with E-state index in [1.54, 1.807) is 0 Å². The molecule has 0 aliphatic carbocycles. The molecule has 1 aromatic carbocycles. The fraction of sp³-hybridized carbons (Fsp3) is 0.600. The summed E-state index contributed by atoms with van der Waals surface area (Å²) in [6, 6.07) is 8.13. The van der Waals surface area contributed by atoms with E-state index in [0.29, 0.717) is 0 Å². The highest BCUT2D eigenvalue weighted by Gasteiger charge is 2.40. The Morgan fingerprint density at radius 2 is 1.89 bits per heavy atom. The van der Waals surface area contributed by atoms with Gasteiger partial charge in [-0.2, -0.15) is 0 Å². The minimum absolute atomic E-state index is 0.194. The largest absolute Gasteiger partial charge is 0.491 e. The van der Waals surface area contributed by atoms with Gasteiger partial charge in [0.25, 0.3) is 0 Å². The van der Waals surface area contributed by atoms with E-state index in [1.807, 2.05) is 26.0 Å². The van der Waals surface area contributed by atoms with E-state index in [9.17, 15) is 5.11 Å². The quantitative estimate of drug-likeness (QED) is 0.894. The van der Waals surface area contributed by atoms with Gasteiger partial charge < -0.3 is 14.7 Å². The van der Waals surface area contributed by atoms with E-state index in [1.165, 1.54) is 0 Å². The van der Waals surface area contributed by atoms with E-state index in [-0.39, 0.29) is 17.7 Å². The molecule has 0 radical (unpaired) electrons. The van der Waals surface area contributed by atoms with Gasteiger partial charge in [-0.3, -0.25) is 0 Å². The SMILES string of the molecule is CC(C)Oc1ccc(N2CCC(O)C2(C)C)cc1. The zero-order chi connectivity index (χ0) is 13.3. The number of nitrogens with zero attached hydrogens (tertiary/aromatic N) is 1. The molecule has 1 heterocycles. The van der Waals surface area contributed by atoms with Gasteiger partial charge in [0.1, 0.15) is 5.75 Å². The van der Waals surface area contributed by atoms with Crippen molar-refractivity contribution in [2.75, 3.05) is 11.4 Å². The third-order valence-electron chi connectivity index (χ3n) is 3.66. The lowest BCUT2D eigenvalue weighted by Crippen LogP contribution is -2.45. The summed E-state index contributed by atoms with van der Waals surface area (Å²) in [7, 11) is 0. The standard InChI is InChI=1S/C15H23NO2/c1-11(2)18-13-7-5-12(6-8-13)16-10-9-14(17)15(16,3)4/h5-8,11,14,17H,9-10H2,1-4H3. The van der Waals surface area contributed by atoms with Crippen molar-refractivity contribution in [1.29, 1.82) is 0 Å². The van der Waals surface area contributed by atoms with Gasteiger partial charge in [-0.15, -0.1) is 0 Å². The van der Waals surface area contributed by atoms with Crippen LogP contribution in [0.2, 0.25) is 0 Å². The van der Waals surface area contributed by atoms with E-state index in [4.69, 9.17) is 4.74 Å². The van der Waals surface area contributed by atoms with E-state index < -0.39 is 0 Å². The molecule has 1 unspecified atom stereocenters. The predicted molar refractivity (Wildman–Crippen MR) is 74.3 cm³/mol. The van der Waals surface area contributed by atoms with Crippen LogP contribution in [0.15, 0.2) is 24.3 Å². The average Bonchev–Trinajstić information content (AvgIpc) is 2.55. The van der Waals surface area contributed by atoms with Gasteiger partial charge in [-0.05, 0) is 58.4 Å². The summed E-state index contributed by atoms with van der Waals surface area (Å²) < 4.78 is 5.64. The number of hydrogen-bond acceptors (Lipinski definition) is 3. The molecule has 1 aliphatic rings. The molecule has 1 atom stereocenters. The van der Waals surface area contributed by atoms with Gasteiger partial charge in [-0.25, -0.2) is 0 Å². The van der Waals surface area contributed by atoms with E-state index >= 15 is 0 Å². The third-order valence-corrected chi connectivity index (χ3v) is 3.66. The monoisotopic (exact) mass is 249 g/mol. The van der Waals surface area contributed by atoms with Gasteiger partial charge in [0, 0.05) is 12.2 Å². The molecule has 0 spiro atoms. The van der Waals surface area contributed by atoms with Crippen LogP contribution in [-0.4, -0.2) is 29.4 Å². The molecule has 0 aromatic heterocycles. The molecule has 1 aliphatic heterocycles. The number of hydrogen-bond donors (Lipinski definition) is 1. The lowest BCUT2D eigenvalue weighted by Gasteiger charge is -2.35. The molecular weight excluding hydrogens is 226 g/mol. The minimum atomic E-state index is -0.260. The molecule has 3 heteroatoms. The Morgan fingerprint density at radius 1 is 1.28 bits per heavy atom. The summed E-state index contributed by atoms with van der Waals surface area (Å²) >= 11 is 0. The van der Waals surface area contributed by atoms with Crippen LogP contribution in [-0.2, 0) is 0 Å². The zero-order valence-electron chi connectivity index (χ0n) is 11.7. The van der Waals surface area contributed by atoms with Crippen molar-refractivity contribution < 1.29 is 9.84 Å². The molecule has 0 amide bonds. The maximum absolute atomic E-state index is 10.00. The van der Waals surface area contributed by atoms with Crippen LogP contribution in [0.3, 0.4) is 0 Å². The molecule has 1 N–H and O–H groups in total. The van der Waals surface area contributed by atoms with E-state index in [2.05, 4.69) is 30.9 Å². The molecule has 0 saturated carbocycles. The van der Waals surface area contributed by atoms with Crippen LogP contribution >= 0.6 is 0 Å². The number of benzene rings is 1. The van der Waals surface area contributed by atoms with Gasteiger partial charge in [0.2, 0.25) is 0 Å². The van der Waals surface area contributed by atoms with Crippen molar-refractivity contribution in [1.82, 2.24) is 0 Å². The molecule has 100 valence electrons. The number of aliphatic hydroxyl groups is 1. The van der Waals surface area contributed by atoms with Crippen LogP contribution < -0.4 is 9.64 Å². The highest BCUT2D eigenvalue weighted by atomic mass is 16.5. The van der Waals surface area contributed by atoms with E-state index in [0.717, 1.165) is 24.4 Å². The predicted octanol–water partition coefficient (Wildman–Crippen LogP) is 2.82. The van der Waals surface area contributed by atoms with Crippen molar-refractivity contribution in [3.63, 3.8) is 0 Å². The molecular formula is C15H23NO2. The average molecular weight is 249 g/mol. The molecule has 1 saturated heterocycles. The molecule has 18 heavy (non-hydrogen) atoms. The summed E-state index contributed by atoms with van der Waals surface area (Å²) in [5, 5.41) is 10.00. The van der Waals surface area contributed by atoms with Gasteiger partial charge in [-0.1, -0.05) is 0 Å². The van der Waals surface area contributed by atoms with Gasteiger partial charge >= 0.3 is 0 Å². The first-order valence-corrected chi connectivity index (χ1v) is 6.63. The first-order chi connectivity index (χ1) is 8.41. The second kappa shape index (κ2) is 4.81. The summed E-state index contributed by atoms with van der Waals surface area (Å²) in [4.78, 5) is 2.26. The first kappa shape index (κ1) is 13.2. The van der Waals surface area contributed by atoms with Gasteiger partial charge in [0.15, 0.2) is 0 Å². The van der Waals surface area contributed by atoms with Crippen LogP contribution in [0, 0.1) is 0 Å². The minimum Gasteiger partial charge on any atom is -0.491 e. The molecule has 2 rings (SSSR count). The first-order valence-electron chi connectivity index (χ1n) is 6.63. The maximum Gasteiger partial charge on any atom is 0.119 e. The van der Waals surface area contributed by atoms with Crippen LogP contribution in [0.4, 0.5) is 5.69 Å². The zero-order valence-corrected chi connectivity index (χ0v) is 11.7. The Morgan fingerprint density at radius 3 is 2.33 bits per heavy atom. The highest BCUT2D eigenvalue weighted by Crippen LogP contribution is 2.34. The number of aliphatic hydroxyl groups excluding tert-OH is 1. The number of ether oxygens (including phenoxy) is 1. The lowest BCUT2D eigenvalue weighted by atomic mass is 9.98. The van der Waals surface area contributed by atoms with Crippen molar-refractivity contribution in [2.45, 2.75) is 51.9 Å². The Bertz CT molecular complexity index is 397. The fourth-order valence-corrected chi connectivity index (χ4v) is 2.51. The second-order valence-corrected chi connectivity index (χ2v) is 5.77. The summed E-state index contributed by atoms with van der Waals surface area (Å²) in [5.74, 6) is 0.895. The van der Waals surface area contributed by atoms with Crippen LogP contribution in [0.5, 0.6) is 5.75 Å². The topological polar surface area (TPSA) is 32.7 Å². The smallest absolute Gasteiger partial charge is 0.119 e. The second-order valence-electron chi connectivity index (χ2n) is 5.77. The summed E-state index contributed by atoms with van der Waals surface area (Å²) in [6.45, 7) is 9.12. The van der Waals surface area contributed by atoms with Crippen molar-refractivity contribution in [2.24, 2.45) is 0 Å². The van der Waals surface area contributed by atoms with Crippen molar-refractivity contribution >= 4 is 5.69 Å². The molecule has 3 nitrogen and oxygen atoms in total. The third kappa shape index (κ3) is 2.46. The van der Waals surface area contributed by atoms with Gasteiger partial charge in [0.05, 0.1) is 17.7 Å². The molecule has 0 bridgehead atoms. The lowest BCUT2D eigenvalue weighted by molar-refractivity contribution is 0.127. The summed E-state index contributed by atoms with van der Waals surface area (Å²) in [6.07, 6.45) is 0.766. The molecule has 1 fully saturated rings. The number of anilines is 1. The highest BCUT2D eigenvalue weighted by molar-refractivity contribution is 5.52. The number of rotatable bonds is 3. The molecule has 1 aromatic rings. The Kier molecular flexibility index (Phi) is 3.53. The maximum atomic E-state index is 10.00.